The fourth-order valence-electron chi connectivity index (χ4n) is 1.33. The first kappa shape index (κ1) is 15.1. The summed E-state index contributed by atoms with van der Waals surface area (Å²) in [4.78, 5) is 21.2. The number of rotatable bonds is 6. The topological polar surface area (TPSA) is 121 Å². The van der Waals surface area contributed by atoms with Gasteiger partial charge in [-0.05, 0) is 19.1 Å². The van der Waals surface area contributed by atoms with E-state index in [1.165, 1.54) is 12.1 Å². The minimum atomic E-state index is -4.06. The van der Waals surface area contributed by atoms with Gasteiger partial charge in [0.25, 0.3) is 0 Å². The molecule has 0 radical (unpaired) electrons. The molecule has 0 unspecified atom stereocenters. The van der Waals surface area contributed by atoms with Crippen LogP contribution in [0, 0.1) is 6.92 Å². The molecule has 19 heavy (non-hydrogen) atoms. The van der Waals surface area contributed by atoms with Crippen molar-refractivity contribution in [2.45, 2.75) is 24.3 Å². The second-order valence-electron chi connectivity index (χ2n) is 3.92. The molecule has 0 bridgehead atoms. The molecule has 0 saturated heterocycles. The standard InChI is InChI=1S/C11H13NO6S/c1-7-2-4-8(5-3-7)19(17,18)12-9(11(15)16)6-10(13)14/h2-5,9,12H,6H2,1H3,(H,13,14)(H,15,16)/t9-/m1/s1. The van der Waals surface area contributed by atoms with E-state index in [1.54, 1.807) is 19.1 Å². The molecule has 0 heterocycles. The second kappa shape index (κ2) is 5.81. The fourth-order valence-corrected chi connectivity index (χ4v) is 2.52. The average molecular weight is 287 g/mol. The molecule has 8 heteroatoms. The number of carboxylic acids is 2. The molecule has 0 spiro atoms. The molecule has 0 amide bonds. The molecule has 3 N–H and O–H groups in total. The van der Waals surface area contributed by atoms with Crippen LogP contribution in [0.4, 0.5) is 0 Å². The van der Waals surface area contributed by atoms with Gasteiger partial charge in [-0.1, -0.05) is 17.7 Å². The number of carbonyl (C=O) groups is 2. The van der Waals surface area contributed by atoms with Gasteiger partial charge in [0.05, 0.1) is 11.3 Å². The minimum Gasteiger partial charge on any atom is -0.481 e. The summed E-state index contributed by atoms with van der Waals surface area (Å²) in [5, 5.41) is 17.3. The molecule has 1 aromatic carbocycles. The maximum atomic E-state index is 11.9. The largest absolute Gasteiger partial charge is 0.481 e. The molecule has 0 fully saturated rings. The number of benzene rings is 1. The predicted molar refractivity (Wildman–Crippen MR) is 65.2 cm³/mol. The predicted octanol–water partition coefficient (Wildman–Crippen LogP) is 0.201. The Hall–Kier alpha value is -1.93. The van der Waals surface area contributed by atoms with E-state index in [9.17, 15) is 18.0 Å². The zero-order valence-corrected chi connectivity index (χ0v) is 10.8. The molecule has 0 aliphatic carbocycles. The zero-order valence-electron chi connectivity index (χ0n) is 10.0. The van der Waals surface area contributed by atoms with Gasteiger partial charge < -0.3 is 10.2 Å². The highest BCUT2D eigenvalue weighted by Crippen LogP contribution is 2.11. The molecule has 0 aliphatic rings. The molecule has 104 valence electrons. The van der Waals surface area contributed by atoms with Crippen LogP contribution >= 0.6 is 0 Å². The Balaban J connectivity index is 2.97. The molecule has 1 rings (SSSR count). The van der Waals surface area contributed by atoms with Crippen LogP contribution in [0.2, 0.25) is 0 Å². The first-order valence-corrected chi connectivity index (χ1v) is 6.74. The summed E-state index contributed by atoms with van der Waals surface area (Å²) in [5.41, 5.74) is 0.847. The normalized spacial score (nSPS) is 12.9. The number of carboxylic acid groups (broad SMARTS) is 2. The monoisotopic (exact) mass is 287 g/mol. The molecule has 0 aliphatic heterocycles. The van der Waals surface area contributed by atoms with Crippen molar-refractivity contribution in [1.29, 1.82) is 0 Å². The summed E-state index contributed by atoms with van der Waals surface area (Å²) in [6.45, 7) is 1.77. The number of hydrogen-bond acceptors (Lipinski definition) is 4. The summed E-state index contributed by atoms with van der Waals surface area (Å²) in [7, 11) is -4.06. The third-order valence-corrected chi connectivity index (χ3v) is 3.79. The Kier molecular flexibility index (Phi) is 4.62. The van der Waals surface area contributed by atoms with E-state index in [0.717, 1.165) is 5.56 Å². The summed E-state index contributed by atoms with van der Waals surface area (Å²) >= 11 is 0. The molecule has 7 nitrogen and oxygen atoms in total. The fraction of sp³-hybridized carbons (Fsp3) is 0.273. The SMILES string of the molecule is Cc1ccc(S(=O)(=O)N[C@H](CC(=O)O)C(=O)O)cc1. The Morgan fingerprint density at radius 3 is 2.16 bits per heavy atom. The van der Waals surface area contributed by atoms with Crippen LogP contribution in [0.1, 0.15) is 12.0 Å². The lowest BCUT2D eigenvalue weighted by molar-refractivity contribution is -0.145. The maximum absolute atomic E-state index is 11.9. The van der Waals surface area contributed by atoms with E-state index >= 15 is 0 Å². The molecular weight excluding hydrogens is 274 g/mol. The highest BCUT2D eigenvalue weighted by molar-refractivity contribution is 7.89. The highest BCUT2D eigenvalue weighted by atomic mass is 32.2. The quantitative estimate of drug-likeness (QED) is 0.687. The molecular formula is C11H13NO6S. The van der Waals surface area contributed by atoms with Crippen molar-refractivity contribution in [2.75, 3.05) is 0 Å². The maximum Gasteiger partial charge on any atom is 0.322 e. The van der Waals surface area contributed by atoms with Crippen molar-refractivity contribution in [3.63, 3.8) is 0 Å². The van der Waals surface area contributed by atoms with Crippen molar-refractivity contribution in [3.05, 3.63) is 29.8 Å². The van der Waals surface area contributed by atoms with Crippen LogP contribution in [-0.2, 0) is 19.6 Å². The minimum absolute atomic E-state index is 0.116. The Labute approximate surface area is 109 Å². The van der Waals surface area contributed by atoms with Crippen LogP contribution in [-0.4, -0.2) is 36.6 Å². The van der Waals surface area contributed by atoms with Gasteiger partial charge in [-0.25, -0.2) is 8.42 Å². The van der Waals surface area contributed by atoms with Gasteiger partial charge in [0.15, 0.2) is 0 Å². The third-order valence-electron chi connectivity index (χ3n) is 2.31. The Bertz CT molecular complexity index is 578. The van der Waals surface area contributed by atoms with Gasteiger partial charge in [-0.2, -0.15) is 4.72 Å². The van der Waals surface area contributed by atoms with Crippen LogP contribution in [0.25, 0.3) is 0 Å². The average Bonchev–Trinajstić information content (AvgIpc) is 2.27. The first-order chi connectivity index (χ1) is 8.72. The van der Waals surface area contributed by atoms with E-state index in [1.807, 2.05) is 4.72 Å². The number of sulfonamides is 1. The van der Waals surface area contributed by atoms with Gasteiger partial charge >= 0.3 is 11.9 Å². The lowest BCUT2D eigenvalue weighted by atomic mass is 10.2. The molecule has 0 aromatic heterocycles. The molecule has 1 atom stereocenters. The van der Waals surface area contributed by atoms with Crippen molar-refractivity contribution < 1.29 is 28.2 Å². The Morgan fingerprint density at radius 2 is 1.74 bits per heavy atom. The Morgan fingerprint density at radius 1 is 1.21 bits per heavy atom. The smallest absolute Gasteiger partial charge is 0.322 e. The van der Waals surface area contributed by atoms with Crippen LogP contribution in [0.15, 0.2) is 29.2 Å². The van der Waals surface area contributed by atoms with Gasteiger partial charge in [0, 0.05) is 0 Å². The highest BCUT2D eigenvalue weighted by Gasteiger charge is 2.27. The van der Waals surface area contributed by atoms with E-state index in [2.05, 4.69) is 0 Å². The summed E-state index contributed by atoms with van der Waals surface area (Å²) in [6, 6.07) is 4.04. The van der Waals surface area contributed by atoms with Crippen molar-refractivity contribution >= 4 is 22.0 Å². The second-order valence-corrected chi connectivity index (χ2v) is 5.64. The number of nitrogens with one attached hydrogen (secondary N) is 1. The van der Waals surface area contributed by atoms with Crippen LogP contribution in [0.3, 0.4) is 0 Å². The van der Waals surface area contributed by atoms with Crippen molar-refractivity contribution in [1.82, 2.24) is 4.72 Å². The van der Waals surface area contributed by atoms with E-state index in [4.69, 9.17) is 10.2 Å². The number of aryl methyl sites for hydroxylation is 1. The lowest BCUT2D eigenvalue weighted by Crippen LogP contribution is -2.42. The van der Waals surface area contributed by atoms with Gasteiger partial charge in [-0.15, -0.1) is 0 Å². The van der Waals surface area contributed by atoms with E-state index in [-0.39, 0.29) is 4.90 Å². The summed E-state index contributed by atoms with van der Waals surface area (Å²) in [5.74, 6) is -2.95. The summed E-state index contributed by atoms with van der Waals surface area (Å²) in [6.07, 6.45) is -0.833. The van der Waals surface area contributed by atoms with Gasteiger partial charge in [0.1, 0.15) is 6.04 Å². The van der Waals surface area contributed by atoms with Crippen molar-refractivity contribution in [2.24, 2.45) is 0 Å². The van der Waals surface area contributed by atoms with Gasteiger partial charge in [0.2, 0.25) is 10.0 Å². The molecule has 0 saturated carbocycles. The first-order valence-electron chi connectivity index (χ1n) is 5.26. The third kappa shape index (κ3) is 4.34. The van der Waals surface area contributed by atoms with E-state index < -0.39 is 34.4 Å². The van der Waals surface area contributed by atoms with Crippen LogP contribution < -0.4 is 4.72 Å². The lowest BCUT2D eigenvalue weighted by Gasteiger charge is -2.12. The molecule has 1 aromatic rings. The number of aliphatic carboxylic acids is 2. The van der Waals surface area contributed by atoms with Crippen LogP contribution in [0.5, 0.6) is 0 Å². The van der Waals surface area contributed by atoms with Gasteiger partial charge in [-0.3, -0.25) is 9.59 Å². The summed E-state index contributed by atoms with van der Waals surface area (Å²) < 4.78 is 25.6. The zero-order chi connectivity index (χ0) is 14.6. The van der Waals surface area contributed by atoms with E-state index in [0.29, 0.717) is 0 Å². The van der Waals surface area contributed by atoms with Crippen molar-refractivity contribution in [3.8, 4) is 0 Å². The number of hydrogen-bond donors (Lipinski definition) is 3.